The molecule has 0 aliphatic heterocycles. The Morgan fingerprint density at radius 1 is 1.07 bits per heavy atom. The van der Waals surface area contributed by atoms with Crippen molar-refractivity contribution in [2.24, 2.45) is 10.9 Å². The van der Waals surface area contributed by atoms with Crippen molar-refractivity contribution in [3.63, 3.8) is 0 Å². The number of nitrogens with one attached hydrogen (secondary N) is 2. The van der Waals surface area contributed by atoms with Gasteiger partial charge in [0, 0.05) is 19.6 Å². The highest BCUT2D eigenvalue weighted by molar-refractivity contribution is 14.0. The number of aliphatic imine (C=N–C) groups is 1. The van der Waals surface area contributed by atoms with Crippen LogP contribution in [0.1, 0.15) is 42.9 Å². The third-order valence-electron chi connectivity index (χ3n) is 4.87. The molecule has 1 fully saturated rings. The van der Waals surface area contributed by atoms with Crippen molar-refractivity contribution in [3.05, 3.63) is 71.8 Å². The molecule has 0 radical (unpaired) electrons. The fraction of sp³-hybridized carbons (Fsp3) is 0.409. The van der Waals surface area contributed by atoms with E-state index in [9.17, 15) is 5.11 Å². The average Bonchev–Trinajstić information content (AvgIpc) is 3.47. The lowest BCUT2D eigenvalue weighted by Gasteiger charge is -2.14. The maximum absolute atomic E-state index is 10.3. The first-order valence-electron chi connectivity index (χ1n) is 9.58. The van der Waals surface area contributed by atoms with Gasteiger partial charge in [-0.1, -0.05) is 60.7 Å². The molecule has 3 atom stereocenters. The number of hydrogen-bond donors (Lipinski definition) is 3. The summed E-state index contributed by atoms with van der Waals surface area (Å²) >= 11 is 0. The SMILES string of the molecule is CCNC(=NCC1CC1c1ccccc1)NCCC(O)c1ccccc1.I. The van der Waals surface area contributed by atoms with Gasteiger partial charge in [0.2, 0.25) is 0 Å². The fourth-order valence-electron chi connectivity index (χ4n) is 3.28. The van der Waals surface area contributed by atoms with Crippen LogP contribution in [0.2, 0.25) is 0 Å². The van der Waals surface area contributed by atoms with E-state index in [0.29, 0.717) is 24.8 Å². The molecule has 5 heteroatoms. The standard InChI is InChI=1S/C22H29N3O.HI/c1-2-23-22(24-14-13-21(26)18-11-7-4-8-12-18)25-16-19-15-20(19)17-9-5-3-6-10-17;/h3-12,19-21,26H,2,13-16H2,1H3,(H2,23,24,25);1H. The molecule has 1 aliphatic carbocycles. The van der Waals surface area contributed by atoms with Gasteiger partial charge in [0.05, 0.1) is 6.10 Å². The van der Waals surface area contributed by atoms with Crippen LogP contribution in [0.5, 0.6) is 0 Å². The minimum absolute atomic E-state index is 0. The number of guanidine groups is 1. The van der Waals surface area contributed by atoms with Crippen molar-refractivity contribution in [1.29, 1.82) is 0 Å². The normalized spacial score (nSPS) is 19.7. The highest BCUT2D eigenvalue weighted by atomic mass is 127. The van der Waals surface area contributed by atoms with Crippen molar-refractivity contribution in [2.45, 2.75) is 31.8 Å². The summed E-state index contributed by atoms with van der Waals surface area (Å²) in [5.41, 5.74) is 2.39. The van der Waals surface area contributed by atoms with Crippen LogP contribution in [0, 0.1) is 5.92 Å². The molecule has 146 valence electrons. The second-order valence-corrected chi connectivity index (χ2v) is 6.87. The number of rotatable bonds is 8. The molecule has 0 aromatic heterocycles. The Bertz CT molecular complexity index is 693. The van der Waals surface area contributed by atoms with E-state index < -0.39 is 6.10 Å². The van der Waals surface area contributed by atoms with Gasteiger partial charge in [-0.15, -0.1) is 24.0 Å². The zero-order valence-corrected chi connectivity index (χ0v) is 18.2. The van der Waals surface area contributed by atoms with Crippen LogP contribution in [-0.4, -0.2) is 30.7 Å². The van der Waals surface area contributed by atoms with Crippen LogP contribution in [0.3, 0.4) is 0 Å². The first-order chi connectivity index (χ1) is 12.8. The van der Waals surface area contributed by atoms with Crippen LogP contribution < -0.4 is 10.6 Å². The van der Waals surface area contributed by atoms with Crippen molar-refractivity contribution in [2.75, 3.05) is 19.6 Å². The van der Waals surface area contributed by atoms with Gasteiger partial charge in [-0.25, -0.2) is 0 Å². The fourth-order valence-corrected chi connectivity index (χ4v) is 3.28. The third kappa shape index (κ3) is 6.81. The zero-order valence-electron chi connectivity index (χ0n) is 15.8. The molecule has 0 heterocycles. The van der Waals surface area contributed by atoms with Crippen LogP contribution in [0.25, 0.3) is 0 Å². The van der Waals surface area contributed by atoms with Gasteiger partial charge in [-0.3, -0.25) is 4.99 Å². The van der Waals surface area contributed by atoms with Gasteiger partial charge >= 0.3 is 0 Å². The van der Waals surface area contributed by atoms with Crippen LogP contribution >= 0.6 is 24.0 Å². The molecular weight excluding hydrogens is 449 g/mol. The summed E-state index contributed by atoms with van der Waals surface area (Å²) in [4.78, 5) is 4.73. The monoisotopic (exact) mass is 479 g/mol. The molecule has 2 aromatic carbocycles. The quantitative estimate of drug-likeness (QED) is 0.304. The summed E-state index contributed by atoms with van der Waals surface area (Å²) in [5, 5.41) is 16.9. The van der Waals surface area contributed by atoms with Gasteiger partial charge in [0.1, 0.15) is 0 Å². The summed E-state index contributed by atoms with van der Waals surface area (Å²) in [5.74, 6) is 2.14. The first kappa shape index (κ1) is 21.7. The van der Waals surface area contributed by atoms with Gasteiger partial charge in [0.25, 0.3) is 0 Å². The van der Waals surface area contributed by atoms with Gasteiger partial charge in [0.15, 0.2) is 5.96 Å². The Morgan fingerprint density at radius 3 is 2.41 bits per heavy atom. The van der Waals surface area contributed by atoms with Crippen molar-refractivity contribution < 1.29 is 5.11 Å². The Hall–Kier alpha value is -1.60. The van der Waals surface area contributed by atoms with Crippen molar-refractivity contribution >= 4 is 29.9 Å². The maximum atomic E-state index is 10.3. The van der Waals surface area contributed by atoms with Gasteiger partial charge in [-0.05, 0) is 42.7 Å². The first-order valence-corrected chi connectivity index (χ1v) is 9.58. The van der Waals surface area contributed by atoms with E-state index in [1.54, 1.807) is 0 Å². The van der Waals surface area contributed by atoms with E-state index in [1.165, 1.54) is 12.0 Å². The molecule has 3 N–H and O–H groups in total. The number of aliphatic hydroxyl groups excluding tert-OH is 1. The molecule has 0 amide bonds. The Balaban J connectivity index is 0.00000261. The van der Waals surface area contributed by atoms with Crippen LogP contribution in [-0.2, 0) is 0 Å². The minimum Gasteiger partial charge on any atom is -0.388 e. The molecule has 0 saturated heterocycles. The highest BCUT2D eigenvalue weighted by Crippen LogP contribution is 2.47. The van der Waals surface area contributed by atoms with E-state index in [-0.39, 0.29) is 24.0 Å². The number of halogens is 1. The summed E-state index contributed by atoms with van der Waals surface area (Å²) in [6, 6.07) is 20.5. The summed E-state index contributed by atoms with van der Waals surface area (Å²) in [6.45, 7) is 4.44. The Kier molecular flexibility index (Phi) is 9.07. The number of aliphatic hydroxyl groups is 1. The number of hydrogen-bond acceptors (Lipinski definition) is 2. The van der Waals surface area contributed by atoms with Gasteiger partial charge in [-0.2, -0.15) is 0 Å². The Morgan fingerprint density at radius 2 is 1.74 bits per heavy atom. The van der Waals surface area contributed by atoms with E-state index in [0.717, 1.165) is 24.6 Å². The van der Waals surface area contributed by atoms with Gasteiger partial charge < -0.3 is 15.7 Å². The molecule has 4 nitrogen and oxygen atoms in total. The summed E-state index contributed by atoms with van der Waals surface area (Å²) in [6.07, 6.45) is 1.43. The van der Waals surface area contributed by atoms with E-state index in [2.05, 4.69) is 47.9 Å². The minimum atomic E-state index is -0.447. The largest absolute Gasteiger partial charge is 0.388 e. The maximum Gasteiger partial charge on any atom is 0.191 e. The van der Waals surface area contributed by atoms with Crippen molar-refractivity contribution in [3.8, 4) is 0 Å². The number of benzene rings is 2. The molecule has 0 spiro atoms. The highest BCUT2D eigenvalue weighted by Gasteiger charge is 2.37. The van der Waals surface area contributed by atoms with E-state index >= 15 is 0 Å². The second kappa shape index (κ2) is 11.3. The molecule has 27 heavy (non-hydrogen) atoms. The zero-order chi connectivity index (χ0) is 18.2. The average molecular weight is 479 g/mol. The van der Waals surface area contributed by atoms with E-state index in [4.69, 9.17) is 4.99 Å². The van der Waals surface area contributed by atoms with Crippen LogP contribution in [0.15, 0.2) is 65.7 Å². The molecule has 0 bridgehead atoms. The lowest BCUT2D eigenvalue weighted by Crippen LogP contribution is -2.38. The lowest BCUT2D eigenvalue weighted by atomic mass is 10.1. The smallest absolute Gasteiger partial charge is 0.191 e. The lowest BCUT2D eigenvalue weighted by molar-refractivity contribution is 0.168. The van der Waals surface area contributed by atoms with Crippen molar-refractivity contribution in [1.82, 2.24) is 10.6 Å². The molecule has 1 aliphatic rings. The Labute approximate surface area is 179 Å². The molecule has 2 aromatic rings. The molecular formula is C22H30IN3O. The molecule has 3 rings (SSSR count). The number of nitrogens with zero attached hydrogens (tertiary/aromatic N) is 1. The summed E-state index contributed by atoms with van der Waals surface area (Å²) < 4.78 is 0. The second-order valence-electron chi connectivity index (χ2n) is 6.87. The predicted octanol–water partition coefficient (Wildman–Crippen LogP) is 4.09. The van der Waals surface area contributed by atoms with Crippen LogP contribution in [0.4, 0.5) is 0 Å². The third-order valence-corrected chi connectivity index (χ3v) is 4.87. The predicted molar refractivity (Wildman–Crippen MR) is 123 cm³/mol. The molecule has 3 unspecified atom stereocenters. The summed E-state index contributed by atoms with van der Waals surface area (Å²) in [7, 11) is 0. The molecule has 1 saturated carbocycles. The van der Waals surface area contributed by atoms with E-state index in [1.807, 2.05) is 30.3 Å². The topological polar surface area (TPSA) is 56.7 Å².